The summed E-state index contributed by atoms with van der Waals surface area (Å²) in [6.07, 6.45) is 2.89. The molecule has 0 aromatic heterocycles. The summed E-state index contributed by atoms with van der Waals surface area (Å²) in [6.45, 7) is 3.42. The van der Waals surface area contributed by atoms with E-state index >= 15 is 0 Å². The van der Waals surface area contributed by atoms with Gasteiger partial charge in [0.25, 0.3) is 0 Å². The second-order valence-corrected chi connectivity index (χ2v) is 5.84. The van der Waals surface area contributed by atoms with Crippen LogP contribution >= 0.6 is 11.8 Å². The number of amides is 1. The zero-order valence-corrected chi connectivity index (χ0v) is 10.4. The molecule has 4 nitrogen and oxygen atoms in total. The van der Waals surface area contributed by atoms with Gasteiger partial charge in [0.05, 0.1) is 11.0 Å². The third kappa shape index (κ3) is 2.34. The minimum atomic E-state index is 0.180. The Balaban J connectivity index is 1.94. The highest BCUT2D eigenvalue weighted by Gasteiger charge is 2.31. The molecule has 2 unspecified atom stereocenters. The molecule has 0 saturated carbocycles. The lowest BCUT2D eigenvalue weighted by Crippen LogP contribution is -2.46. The lowest BCUT2D eigenvalue weighted by atomic mass is 9.97. The van der Waals surface area contributed by atoms with E-state index in [1.54, 1.807) is 11.8 Å². The van der Waals surface area contributed by atoms with E-state index < -0.39 is 0 Å². The SMILES string of the molecule is CC1CN(C(=O)C2CCCS2)CCC1=NO. The van der Waals surface area contributed by atoms with E-state index in [9.17, 15) is 4.79 Å². The Hall–Kier alpha value is -0.710. The zero-order chi connectivity index (χ0) is 11.5. The Labute approximate surface area is 100 Å². The van der Waals surface area contributed by atoms with Crippen LogP contribution in [0.3, 0.4) is 0 Å². The monoisotopic (exact) mass is 242 g/mol. The molecule has 1 amide bonds. The Morgan fingerprint density at radius 2 is 2.44 bits per heavy atom. The predicted molar refractivity (Wildman–Crippen MR) is 65.1 cm³/mol. The molecule has 0 radical (unpaired) electrons. The van der Waals surface area contributed by atoms with Crippen LogP contribution in [-0.4, -0.2) is 45.8 Å². The van der Waals surface area contributed by atoms with Crippen LogP contribution in [0.1, 0.15) is 26.2 Å². The molecule has 0 aromatic carbocycles. The van der Waals surface area contributed by atoms with E-state index in [4.69, 9.17) is 5.21 Å². The fourth-order valence-electron chi connectivity index (χ4n) is 2.35. The number of rotatable bonds is 1. The van der Waals surface area contributed by atoms with Crippen LogP contribution in [0.15, 0.2) is 5.16 Å². The number of thioether (sulfide) groups is 1. The van der Waals surface area contributed by atoms with Crippen LogP contribution in [0.2, 0.25) is 0 Å². The Bertz CT molecular complexity index is 300. The maximum atomic E-state index is 12.1. The van der Waals surface area contributed by atoms with Gasteiger partial charge in [0.15, 0.2) is 0 Å². The molecule has 90 valence electrons. The highest BCUT2D eigenvalue weighted by molar-refractivity contribution is 8.00. The maximum Gasteiger partial charge on any atom is 0.235 e. The number of likely N-dealkylation sites (tertiary alicyclic amines) is 1. The number of piperidine rings is 1. The average molecular weight is 242 g/mol. The van der Waals surface area contributed by atoms with Gasteiger partial charge < -0.3 is 10.1 Å². The van der Waals surface area contributed by atoms with Gasteiger partial charge in [0.2, 0.25) is 5.91 Å². The molecule has 1 N–H and O–H groups in total. The van der Waals surface area contributed by atoms with Gasteiger partial charge in [-0.1, -0.05) is 12.1 Å². The molecule has 2 aliphatic heterocycles. The van der Waals surface area contributed by atoms with Crippen molar-refractivity contribution in [2.24, 2.45) is 11.1 Å². The van der Waals surface area contributed by atoms with Gasteiger partial charge in [0, 0.05) is 25.4 Å². The second kappa shape index (κ2) is 5.08. The predicted octanol–water partition coefficient (Wildman–Crippen LogP) is 1.58. The normalized spacial score (nSPS) is 33.3. The first-order valence-electron chi connectivity index (χ1n) is 5.83. The maximum absolute atomic E-state index is 12.1. The minimum Gasteiger partial charge on any atom is -0.411 e. The van der Waals surface area contributed by atoms with Crippen molar-refractivity contribution in [3.05, 3.63) is 0 Å². The Kier molecular flexibility index (Phi) is 3.74. The minimum absolute atomic E-state index is 0.180. The third-order valence-electron chi connectivity index (χ3n) is 3.35. The van der Waals surface area contributed by atoms with Gasteiger partial charge in [-0.15, -0.1) is 11.8 Å². The molecule has 0 bridgehead atoms. The fourth-order valence-corrected chi connectivity index (χ4v) is 3.59. The summed E-state index contributed by atoms with van der Waals surface area (Å²) in [4.78, 5) is 14.1. The molecule has 2 rings (SSSR count). The first-order chi connectivity index (χ1) is 7.72. The summed E-state index contributed by atoms with van der Waals surface area (Å²) in [7, 11) is 0. The van der Waals surface area contributed by atoms with Crippen molar-refractivity contribution >= 4 is 23.4 Å². The van der Waals surface area contributed by atoms with Crippen LogP contribution in [0, 0.1) is 5.92 Å². The number of carbonyl (C=O) groups excluding carboxylic acids is 1. The molecule has 2 heterocycles. The quantitative estimate of drug-likeness (QED) is 0.561. The number of oxime groups is 1. The van der Waals surface area contributed by atoms with E-state index in [-0.39, 0.29) is 17.1 Å². The largest absolute Gasteiger partial charge is 0.411 e. The summed E-state index contributed by atoms with van der Waals surface area (Å²) >= 11 is 1.78. The summed E-state index contributed by atoms with van der Waals surface area (Å²) < 4.78 is 0. The molecule has 16 heavy (non-hydrogen) atoms. The molecule has 2 aliphatic rings. The summed E-state index contributed by atoms with van der Waals surface area (Å²) in [6, 6.07) is 0. The first-order valence-corrected chi connectivity index (χ1v) is 6.88. The zero-order valence-electron chi connectivity index (χ0n) is 9.56. The highest BCUT2D eigenvalue weighted by atomic mass is 32.2. The number of hydrogen-bond acceptors (Lipinski definition) is 4. The van der Waals surface area contributed by atoms with Gasteiger partial charge in [-0.2, -0.15) is 0 Å². The van der Waals surface area contributed by atoms with Crippen molar-refractivity contribution in [3.8, 4) is 0 Å². The van der Waals surface area contributed by atoms with E-state index in [0.717, 1.165) is 24.3 Å². The van der Waals surface area contributed by atoms with Crippen molar-refractivity contribution in [2.45, 2.75) is 31.4 Å². The molecule has 2 atom stereocenters. The molecule has 0 spiro atoms. The van der Waals surface area contributed by atoms with Gasteiger partial charge >= 0.3 is 0 Å². The summed E-state index contributed by atoms with van der Waals surface area (Å²) in [5.74, 6) is 1.59. The molecule has 5 heteroatoms. The molecular weight excluding hydrogens is 224 g/mol. The standard InChI is InChI=1S/C11H18N2O2S/c1-8-7-13(5-4-9(8)12-15)11(14)10-3-2-6-16-10/h8,10,15H,2-7H2,1H3. The molecule has 2 saturated heterocycles. The Morgan fingerprint density at radius 1 is 1.62 bits per heavy atom. The second-order valence-electron chi connectivity index (χ2n) is 4.53. The topological polar surface area (TPSA) is 52.9 Å². The van der Waals surface area contributed by atoms with Gasteiger partial charge in [-0.3, -0.25) is 4.79 Å². The van der Waals surface area contributed by atoms with Crippen LogP contribution in [0.25, 0.3) is 0 Å². The number of nitrogens with zero attached hydrogens (tertiary/aromatic N) is 2. The van der Waals surface area contributed by atoms with E-state index in [0.29, 0.717) is 19.5 Å². The fraction of sp³-hybridized carbons (Fsp3) is 0.818. The van der Waals surface area contributed by atoms with Crippen molar-refractivity contribution in [1.29, 1.82) is 0 Å². The van der Waals surface area contributed by atoms with Crippen LogP contribution in [0.4, 0.5) is 0 Å². The summed E-state index contributed by atoms with van der Waals surface area (Å²) in [5.41, 5.74) is 0.822. The van der Waals surface area contributed by atoms with Crippen molar-refractivity contribution in [3.63, 3.8) is 0 Å². The molecular formula is C11H18N2O2S. The van der Waals surface area contributed by atoms with Crippen LogP contribution in [-0.2, 0) is 4.79 Å². The van der Waals surface area contributed by atoms with Crippen molar-refractivity contribution < 1.29 is 10.0 Å². The average Bonchev–Trinajstić information content (AvgIpc) is 2.81. The highest BCUT2D eigenvalue weighted by Crippen LogP contribution is 2.28. The van der Waals surface area contributed by atoms with E-state index in [2.05, 4.69) is 5.16 Å². The summed E-state index contributed by atoms with van der Waals surface area (Å²) in [5, 5.41) is 12.3. The van der Waals surface area contributed by atoms with Gasteiger partial charge in [0.1, 0.15) is 0 Å². The van der Waals surface area contributed by atoms with Crippen molar-refractivity contribution in [1.82, 2.24) is 4.90 Å². The van der Waals surface area contributed by atoms with Crippen LogP contribution in [0.5, 0.6) is 0 Å². The lowest BCUT2D eigenvalue weighted by molar-refractivity contribution is -0.131. The van der Waals surface area contributed by atoms with E-state index in [1.165, 1.54) is 0 Å². The molecule has 2 fully saturated rings. The van der Waals surface area contributed by atoms with E-state index in [1.807, 2.05) is 11.8 Å². The smallest absolute Gasteiger partial charge is 0.235 e. The lowest BCUT2D eigenvalue weighted by Gasteiger charge is -2.33. The third-order valence-corrected chi connectivity index (χ3v) is 4.71. The Morgan fingerprint density at radius 3 is 3.00 bits per heavy atom. The van der Waals surface area contributed by atoms with Gasteiger partial charge in [-0.05, 0) is 18.6 Å². The number of carbonyl (C=O) groups is 1. The van der Waals surface area contributed by atoms with Crippen molar-refractivity contribution in [2.75, 3.05) is 18.8 Å². The van der Waals surface area contributed by atoms with Crippen LogP contribution < -0.4 is 0 Å². The number of hydrogen-bond donors (Lipinski definition) is 1. The van der Waals surface area contributed by atoms with Gasteiger partial charge in [-0.25, -0.2) is 0 Å². The first kappa shape index (κ1) is 11.8. The molecule has 0 aliphatic carbocycles. The molecule has 0 aromatic rings.